The van der Waals surface area contributed by atoms with Gasteiger partial charge in [0, 0.05) is 0 Å². The van der Waals surface area contributed by atoms with Gasteiger partial charge in [-0.2, -0.15) is 5.26 Å². The number of hydrogen-bond acceptors (Lipinski definition) is 4. The maximum Gasteiger partial charge on any atom is 0.147 e. The van der Waals surface area contributed by atoms with E-state index in [-0.39, 0.29) is 0 Å². The Morgan fingerprint density at radius 2 is 1.56 bits per heavy atom. The third kappa shape index (κ3) is 4.95. The number of epoxide rings is 1. The van der Waals surface area contributed by atoms with Crippen LogP contribution in [-0.2, 0) is 14.2 Å². The molecule has 4 heteroatoms. The minimum Gasteiger partial charge on any atom is -0.371 e. The number of nitrogens with zero attached hydrogens (tertiary/aromatic N) is 1. The molecule has 140 valence electrons. The summed E-state index contributed by atoms with van der Waals surface area (Å²) in [4.78, 5) is 0. The Kier molecular flexibility index (Phi) is 5.84. The summed E-state index contributed by atoms with van der Waals surface area (Å²) in [5.41, 5.74) is 4.44. The fourth-order valence-corrected chi connectivity index (χ4v) is 3.74. The molecule has 1 aliphatic heterocycles. The molecule has 2 fully saturated rings. The van der Waals surface area contributed by atoms with Crippen LogP contribution in [0.4, 0.5) is 0 Å². The second kappa shape index (κ2) is 8.67. The number of nitriles is 1. The minimum absolute atomic E-state index is 0.302. The smallest absolute Gasteiger partial charge is 0.147 e. The zero-order chi connectivity index (χ0) is 18.5. The molecule has 0 aromatic heterocycles. The Balaban J connectivity index is 1.26. The van der Waals surface area contributed by atoms with Crippen molar-refractivity contribution >= 4 is 0 Å². The molecule has 1 atom stereocenters. The van der Waals surface area contributed by atoms with Crippen LogP contribution in [0.5, 0.6) is 0 Å². The first kappa shape index (κ1) is 18.2. The average Bonchev–Trinajstić information content (AvgIpc) is 3.56. The highest BCUT2D eigenvalue weighted by molar-refractivity contribution is 5.64. The summed E-state index contributed by atoms with van der Waals surface area (Å²) >= 11 is 0. The average molecular weight is 363 g/mol. The third-order valence-corrected chi connectivity index (χ3v) is 5.50. The van der Waals surface area contributed by atoms with Crippen molar-refractivity contribution in [1.29, 1.82) is 5.26 Å². The van der Waals surface area contributed by atoms with Crippen LogP contribution in [0, 0.1) is 11.3 Å². The Bertz CT molecular complexity index is 767. The van der Waals surface area contributed by atoms with Gasteiger partial charge in [0.15, 0.2) is 0 Å². The van der Waals surface area contributed by atoms with Gasteiger partial charge < -0.3 is 14.2 Å². The molecule has 1 saturated carbocycles. The number of benzene rings is 2. The predicted octanol–water partition coefficient (Wildman–Crippen LogP) is 4.64. The molecule has 2 aromatic carbocycles. The van der Waals surface area contributed by atoms with Crippen LogP contribution < -0.4 is 0 Å². The summed E-state index contributed by atoms with van der Waals surface area (Å²) in [6.45, 7) is 1.87. The first-order valence-corrected chi connectivity index (χ1v) is 9.73. The minimum atomic E-state index is 0.302. The lowest BCUT2D eigenvalue weighted by atomic mass is 9.82. The Morgan fingerprint density at radius 1 is 0.926 bits per heavy atom. The second-order valence-electron chi connectivity index (χ2n) is 7.40. The molecular weight excluding hydrogens is 338 g/mol. The fraction of sp³-hybridized carbons (Fsp3) is 0.435. The molecule has 1 saturated heterocycles. The highest BCUT2D eigenvalue weighted by Crippen LogP contribution is 2.35. The van der Waals surface area contributed by atoms with E-state index < -0.39 is 0 Å². The maximum absolute atomic E-state index is 8.91. The van der Waals surface area contributed by atoms with Crippen molar-refractivity contribution in [1.82, 2.24) is 0 Å². The molecule has 1 unspecified atom stereocenters. The molecule has 0 N–H and O–H groups in total. The normalized spacial score (nSPS) is 24.3. The maximum atomic E-state index is 8.91. The first-order chi connectivity index (χ1) is 13.3. The van der Waals surface area contributed by atoms with Gasteiger partial charge in [0.2, 0.25) is 0 Å². The quantitative estimate of drug-likeness (QED) is 0.408. The van der Waals surface area contributed by atoms with Crippen LogP contribution in [0.1, 0.15) is 42.7 Å². The van der Waals surface area contributed by atoms with Crippen LogP contribution in [0.2, 0.25) is 0 Å². The standard InChI is InChI=1S/C23H25NO3/c24-13-17-1-3-18(4-2-17)19-5-7-20(8-6-19)21-9-11-22(12-10-21)27-16-25-14-23-15-26-23/h1-8,21-23H,9-12,14-16H2. The van der Waals surface area contributed by atoms with Crippen LogP contribution in [0.25, 0.3) is 11.1 Å². The molecule has 2 aromatic rings. The lowest BCUT2D eigenvalue weighted by Gasteiger charge is -2.28. The summed E-state index contributed by atoms with van der Waals surface area (Å²) in [5.74, 6) is 0.612. The molecule has 1 aliphatic carbocycles. The van der Waals surface area contributed by atoms with Gasteiger partial charge >= 0.3 is 0 Å². The lowest BCUT2D eigenvalue weighted by molar-refractivity contribution is -0.102. The molecule has 0 amide bonds. The number of rotatable bonds is 7. The van der Waals surface area contributed by atoms with E-state index in [1.165, 1.54) is 11.1 Å². The van der Waals surface area contributed by atoms with Crippen LogP contribution in [0.15, 0.2) is 48.5 Å². The van der Waals surface area contributed by atoms with E-state index in [1.807, 2.05) is 24.3 Å². The second-order valence-corrected chi connectivity index (χ2v) is 7.40. The third-order valence-electron chi connectivity index (χ3n) is 5.50. The van der Waals surface area contributed by atoms with Crippen molar-refractivity contribution in [3.05, 3.63) is 59.7 Å². The first-order valence-electron chi connectivity index (χ1n) is 9.73. The zero-order valence-electron chi connectivity index (χ0n) is 15.5. The van der Waals surface area contributed by atoms with E-state index in [9.17, 15) is 0 Å². The van der Waals surface area contributed by atoms with Crippen molar-refractivity contribution in [2.24, 2.45) is 0 Å². The van der Waals surface area contributed by atoms with E-state index in [0.717, 1.165) is 37.9 Å². The summed E-state index contributed by atoms with van der Waals surface area (Å²) in [6, 6.07) is 18.8. The summed E-state index contributed by atoms with van der Waals surface area (Å²) in [5, 5.41) is 8.91. The van der Waals surface area contributed by atoms with E-state index in [4.69, 9.17) is 19.5 Å². The molecule has 27 heavy (non-hydrogen) atoms. The predicted molar refractivity (Wildman–Crippen MR) is 103 cm³/mol. The van der Waals surface area contributed by atoms with Crippen LogP contribution >= 0.6 is 0 Å². The van der Waals surface area contributed by atoms with Crippen LogP contribution in [0.3, 0.4) is 0 Å². The van der Waals surface area contributed by atoms with Gasteiger partial charge in [-0.1, -0.05) is 36.4 Å². The van der Waals surface area contributed by atoms with Crippen molar-refractivity contribution in [3.8, 4) is 17.2 Å². The van der Waals surface area contributed by atoms with Gasteiger partial charge in [-0.3, -0.25) is 0 Å². The van der Waals surface area contributed by atoms with Crippen molar-refractivity contribution in [2.75, 3.05) is 20.0 Å². The van der Waals surface area contributed by atoms with Crippen molar-refractivity contribution in [3.63, 3.8) is 0 Å². The highest BCUT2D eigenvalue weighted by Gasteiger charge is 2.24. The van der Waals surface area contributed by atoms with Gasteiger partial charge in [-0.25, -0.2) is 0 Å². The molecule has 0 bridgehead atoms. The van der Waals surface area contributed by atoms with E-state index in [0.29, 0.717) is 37.1 Å². The molecule has 0 spiro atoms. The number of ether oxygens (including phenoxy) is 3. The molecular formula is C23H25NO3. The van der Waals surface area contributed by atoms with Gasteiger partial charge in [0.05, 0.1) is 31.0 Å². The SMILES string of the molecule is N#Cc1ccc(-c2ccc(C3CCC(OCOCC4CO4)CC3)cc2)cc1. The summed E-state index contributed by atoms with van der Waals surface area (Å²) in [7, 11) is 0. The van der Waals surface area contributed by atoms with Gasteiger partial charge in [0.1, 0.15) is 12.9 Å². The lowest BCUT2D eigenvalue weighted by Crippen LogP contribution is -2.22. The van der Waals surface area contributed by atoms with E-state index in [1.54, 1.807) is 0 Å². The Morgan fingerprint density at radius 3 is 2.15 bits per heavy atom. The molecule has 1 heterocycles. The monoisotopic (exact) mass is 363 g/mol. The van der Waals surface area contributed by atoms with Gasteiger partial charge in [-0.05, 0) is 60.4 Å². The largest absolute Gasteiger partial charge is 0.371 e. The Labute approximate surface area is 160 Å². The van der Waals surface area contributed by atoms with Gasteiger partial charge in [-0.15, -0.1) is 0 Å². The van der Waals surface area contributed by atoms with E-state index >= 15 is 0 Å². The molecule has 4 rings (SSSR count). The van der Waals surface area contributed by atoms with Crippen LogP contribution in [-0.4, -0.2) is 32.2 Å². The fourth-order valence-electron chi connectivity index (χ4n) is 3.74. The summed E-state index contributed by atoms with van der Waals surface area (Å²) in [6.07, 6.45) is 5.12. The molecule has 2 aliphatic rings. The zero-order valence-corrected chi connectivity index (χ0v) is 15.5. The molecule has 0 radical (unpaired) electrons. The summed E-state index contributed by atoms with van der Waals surface area (Å²) < 4.78 is 16.4. The van der Waals surface area contributed by atoms with E-state index in [2.05, 4.69) is 30.3 Å². The highest BCUT2D eigenvalue weighted by atomic mass is 16.7. The number of hydrogen-bond donors (Lipinski definition) is 0. The Hall–Kier alpha value is -2.19. The van der Waals surface area contributed by atoms with Crippen molar-refractivity contribution < 1.29 is 14.2 Å². The molecule has 4 nitrogen and oxygen atoms in total. The topological polar surface area (TPSA) is 54.8 Å². The van der Waals surface area contributed by atoms with Crippen molar-refractivity contribution in [2.45, 2.75) is 43.8 Å². The van der Waals surface area contributed by atoms with Gasteiger partial charge in [0.25, 0.3) is 0 Å².